The Morgan fingerprint density at radius 1 is 0.630 bits per heavy atom. The summed E-state index contributed by atoms with van der Waals surface area (Å²) in [6, 6.07) is -4.92. The van der Waals surface area contributed by atoms with Gasteiger partial charge in [-0.15, -0.1) is 0 Å². The molecule has 0 saturated heterocycles. The van der Waals surface area contributed by atoms with Crippen molar-refractivity contribution in [3.05, 3.63) is 0 Å². The van der Waals surface area contributed by atoms with Crippen molar-refractivity contribution in [2.24, 2.45) is 0 Å². The van der Waals surface area contributed by atoms with Crippen LogP contribution >= 0.6 is 0 Å². The van der Waals surface area contributed by atoms with Gasteiger partial charge in [0, 0.05) is 0 Å². The molecule has 1 unspecified atom stereocenters. The maximum Gasteiger partial charge on any atom is 0.460 e. The third kappa shape index (κ3) is 2.30. The van der Waals surface area contributed by atoms with Crippen LogP contribution in [0.3, 0.4) is 0 Å². The van der Waals surface area contributed by atoms with Gasteiger partial charge in [0.2, 0.25) is 0 Å². The number of hydrogen-bond donors (Lipinski definition) is 0. The zero-order valence-corrected chi connectivity index (χ0v) is 11.4. The topological polar surface area (TPSA) is 26.3 Å². The molecule has 160 valence electrons. The van der Waals surface area contributed by atoms with Gasteiger partial charge in [-0.05, 0) is 0 Å². The van der Waals surface area contributed by atoms with Crippen LogP contribution in [0, 0.1) is 0 Å². The highest BCUT2D eigenvalue weighted by molar-refractivity contribution is 5.78. The summed E-state index contributed by atoms with van der Waals surface area (Å²) in [5, 5.41) is 0. The Bertz CT molecular complexity index is 608. The van der Waals surface area contributed by atoms with Gasteiger partial charge < -0.3 is 0 Å². The number of carbonyl (C=O) groups is 1. The number of rotatable bonds is 4. The number of hydrogen-bond acceptors (Lipinski definition) is 2. The van der Waals surface area contributed by atoms with Crippen molar-refractivity contribution >= 4 is 6.04 Å². The number of ether oxygens (including phenoxy) is 1. The molecule has 2 nitrogen and oxygen atoms in total. The minimum Gasteiger partial charge on any atom is -0.285 e. The van der Waals surface area contributed by atoms with Gasteiger partial charge in [-0.2, -0.15) is 70.2 Å². The normalized spacial score (nSPS) is 27.9. The third-order valence-corrected chi connectivity index (χ3v) is 3.28. The van der Waals surface area contributed by atoms with Crippen LogP contribution in [0.4, 0.5) is 70.2 Å². The molecule has 0 bridgehead atoms. The van der Waals surface area contributed by atoms with Crippen LogP contribution in [0.1, 0.15) is 0 Å². The number of alkyl halides is 15. The first-order valence-electron chi connectivity index (χ1n) is 5.64. The van der Waals surface area contributed by atoms with Crippen molar-refractivity contribution in [3.63, 3.8) is 0 Å². The first-order chi connectivity index (χ1) is 11.4. The van der Waals surface area contributed by atoms with Crippen LogP contribution < -0.4 is 0 Å². The standard InChI is InChI=1S/C9F16O2/c10-1(26)2(11,3(12,13)9(23,24)25)27-8(22)6(18,19)4(14,15)5(16,17)7(8,20)21. The van der Waals surface area contributed by atoms with Crippen LogP contribution in [0.2, 0.25) is 0 Å². The van der Waals surface area contributed by atoms with Crippen molar-refractivity contribution < 1.29 is 79.8 Å². The fraction of sp³-hybridized carbons (Fsp3) is 0.889. The van der Waals surface area contributed by atoms with Gasteiger partial charge in [0.1, 0.15) is 0 Å². The lowest BCUT2D eigenvalue weighted by atomic mass is 10.1. The van der Waals surface area contributed by atoms with E-state index in [1.54, 1.807) is 4.74 Å². The predicted molar refractivity (Wildman–Crippen MR) is 45.7 cm³/mol. The molecule has 0 spiro atoms. The van der Waals surface area contributed by atoms with Crippen LogP contribution in [0.25, 0.3) is 0 Å². The molecule has 0 aromatic rings. The van der Waals surface area contributed by atoms with Gasteiger partial charge in [0.05, 0.1) is 0 Å². The van der Waals surface area contributed by atoms with E-state index in [1.807, 2.05) is 0 Å². The van der Waals surface area contributed by atoms with Gasteiger partial charge in [-0.25, -0.2) is 0 Å². The number of halogens is 16. The summed E-state index contributed by atoms with van der Waals surface area (Å²) in [5.41, 5.74) is 0. The molecule has 1 rings (SSSR count). The second kappa shape index (κ2) is 5.31. The summed E-state index contributed by atoms with van der Waals surface area (Å²) in [4.78, 5) is 10.1. The minimum absolute atomic E-state index is 1.55. The predicted octanol–water partition coefficient (Wildman–Crippen LogP) is 4.58. The Labute approximate surface area is 135 Å². The van der Waals surface area contributed by atoms with E-state index in [4.69, 9.17) is 0 Å². The second-order valence-corrected chi connectivity index (χ2v) is 4.94. The molecule has 1 aliphatic rings. The quantitative estimate of drug-likeness (QED) is 0.469. The zero-order valence-electron chi connectivity index (χ0n) is 11.4. The van der Waals surface area contributed by atoms with E-state index in [0.29, 0.717) is 0 Å². The van der Waals surface area contributed by atoms with E-state index in [0.717, 1.165) is 0 Å². The molecule has 0 N–H and O–H groups in total. The average molecular weight is 444 g/mol. The van der Waals surface area contributed by atoms with Crippen molar-refractivity contribution in [1.29, 1.82) is 0 Å². The first kappa shape index (κ1) is 23.5. The van der Waals surface area contributed by atoms with Gasteiger partial charge in [-0.1, -0.05) is 0 Å². The molecule has 27 heavy (non-hydrogen) atoms. The summed E-state index contributed by atoms with van der Waals surface area (Å²) in [5.74, 6) is -53.6. The van der Waals surface area contributed by atoms with E-state index in [9.17, 15) is 75.0 Å². The minimum atomic E-state index is -7.77. The van der Waals surface area contributed by atoms with E-state index in [2.05, 4.69) is 0 Å². The van der Waals surface area contributed by atoms with E-state index >= 15 is 0 Å². The second-order valence-electron chi connectivity index (χ2n) is 4.94. The molecule has 0 amide bonds. The SMILES string of the molecule is O=C(F)C(F)(OC1(F)C(F)(F)C(F)(F)C(F)(F)C1(F)F)C(F)(F)C(F)(F)F. The van der Waals surface area contributed by atoms with Crippen molar-refractivity contribution in [3.8, 4) is 0 Å². The van der Waals surface area contributed by atoms with Crippen LogP contribution in [0.5, 0.6) is 0 Å². The van der Waals surface area contributed by atoms with Gasteiger partial charge in [0.15, 0.2) is 0 Å². The average Bonchev–Trinajstić information content (AvgIpc) is 2.47. The van der Waals surface area contributed by atoms with Gasteiger partial charge in [0.25, 0.3) is 0 Å². The molecule has 1 atom stereocenters. The molecule has 0 heterocycles. The largest absolute Gasteiger partial charge is 0.460 e. The Morgan fingerprint density at radius 3 is 1.15 bits per heavy atom. The third-order valence-electron chi connectivity index (χ3n) is 3.28. The highest BCUT2D eigenvalue weighted by Gasteiger charge is 3.03. The maximum absolute atomic E-state index is 13.7. The summed E-state index contributed by atoms with van der Waals surface area (Å²) in [6.45, 7) is 0. The molecule has 0 aliphatic heterocycles. The van der Waals surface area contributed by atoms with Crippen molar-refractivity contribution in [2.45, 2.75) is 47.5 Å². The van der Waals surface area contributed by atoms with Gasteiger partial charge in [-0.3, -0.25) is 9.53 Å². The summed E-state index contributed by atoms with van der Waals surface area (Å²) < 4.78 is 206. The van der Waals surface area contributed by atoms with E-state index in [1.165, 1.54) is 0 Å². The van der Waals surface area contributed by atoms with Crippen LogP contribution in [-0.4, -0.2) is 53.5 Å². The van der Waals surface area contributed by atoms with Crippen molar-refractivity contribution in [2.75, 3.05) is 0 Å². The maximum atomic E-state index is 13.7. The smallest absolute Gasteiger partial charge is 0.285 e. The lowest BCUT2D eigenvalue weighted by Gasteiger charge is -2.38. The molecule has 0 radical (unpaired) electrons. The Hall–Kier alpha value is -1.49. The van der Waals surface area contributed by atoms with Crippen LogP contribution in [0.15, 0.2) is 0 Å². The van der Waals surface area contributed by atoms with Crippen molar-refractivity contribution in [1.82, 2.24) is 0 Å². The molecule has 1 fully saturated rings. The monoisotopic (exact) mass is 444 g/mol. The first-order valence-corrected chi connectivity index (χ1v) is 5.64. The number of carbonyl (C=O) groups excluding carboxylic acids is 1. The van der Waals surface area contributed by atoms with E-state index in [-0.39, 0.29) is 0 Å². The fourth-order valence-electron chi connectivity index (χ4n) is 1.73. The highest BCUT2D eigenvalue weighted by atomic mass is 19.4. The zero-order chi connectivity index (χ0) is 22.3. The summed E-state index contributed by atoms with van der Waals surface area (Å²) in [6.07, 6.45) is -7.56. The molecular weight excluding hydrogens is 444 g/mol. The highest BCUT2D eigenvalue weighted by Crippen LogP contribution is 2.70. The summed E-state index contributed by atoms with van der Waals surface area (Å²) >= 11 is 0. The molecule has 1 saturated carbocycles. The van der Waals surface area contributed by atoms with Gasteiger partial charge >= 0.3 is 53.5 Å². The lowest BCUT2D eigenvalue weighted by molar-refractivity contribution is -0.449. The Morgan fingerprint density at radius 2 is 0.926 bits per heavy atom. The molecule has 0 aromatic carbocycles. The van der Waals surface area contributed by atoms with Crippen LogP contribution in [-0.2, 0) is 9.53 Å². The molecule has 18 heteroatoms. The Balaban J connectivity index is 3.80. The molecule has 0 aromatic heterocycles. The van der Waals surface area contributed by atoms with E-state index < -0.39 is 53.5 Å². The Kier molecular flexibility index (Phi) is 4.63. The summed E-state index contributed by atoms with van der Waals surface area (Å²) in [7, 11) is 0. The lowest BCUT2D eigenvalue weighted by Crippen LogP contribution is -2.67. The molecule has 1 aliphatic carbocycles. The molecular formula is C9F16O2. The fourth-order valence-corrected chi connectivity index (χ4v) is 1.73.